The Morgan fingerprint density at radius 1 is 1.28 bits per heavy atom. The van der Waals surface area contributed by atoms with Gasteiger partial charge < -0.3 is 14.6 Å². The van der Waals surface area contributed by atoms with Gasteiger partial charge in [0.1, 0.15) is 0 Å². The molecule has 4 heteroatoms. The maximum absolute atomic E-state index is 10.6. The van der Waals surface area contributed by atoms with E-state index in [1.165, 1.54) is 5.56 Å². The zero-order valence-corrected chi connectivity index (χ0v) is 10.5. The monoisotopic (exact) mass is 250 g/mol. The summed E-state index contributed by atoms with van der Waals surface area (Å²) in [4.78, 5) is 10.6. The molecular weight excluding hydrogens is 232 g/mol. The van der Waals surface area contributed by atoms with Gasteiger partial charge >= 0.3 is 5.97 Å². The average molecular weight is 250 g/mol. The maximum Gasteiger partial charge on any atom is 0.303 e. The van der Waals surface area contributed by atoms with E-state index in [4.69, 9.17) is 14.6 Å². The Balaban J connectivity index is 2.11. The Kier molecular flexibility index (Phi) is 3.99. The highest BCUT2D eigenvalue weighted by Crippen LogP contribution is 2.36. The molecule has 1 fully saturated rings. The van der Waals surface area contributed by atoms with Crippen LogP contribution >= 0.6 is 0 Å². The van der Waals surface area contributed by atoms with Crippen molar-refractivity contribution >= 4 is 5.97 Å². The molecule has 4 nitrogen and oxygen atoms in total. The van der Waals surface area contributed by atoms with Crippen LogP contribution in [0.3, 0.4) is 0 Å². The van der Waals surface area contributed by atoms with Crippen LogP contribution in [0.15, 0.2) is 24.3 Å². The highest BCUT2D eigenvalue weighted by molar-refractivity contribution is 5.66. The SMILES string of the molecule is Cc1ccc(C2(CCCC(=O)O)OCCO2)cc1. The topological polar surface area (TPSA) is 55.8 Å². The van der Waals surface area contributed by atoms with Crippen LogP contribution in [0, 0.1) is 6.92 Å². The lowest BCUT2D eigenvalue weighted by molar-refractivity contribution is -0.172. The molecule has 0 amide bonds. The molecule has 0 radical (unpaired) electrons. The third-order valence-corrected chi connectivity index (χ3v) is 3.14. The molecule has 0 unspecified atom stereocenters. The number of carboxylic acids is 1. The minimum absolute atomic E-state index is 0.139. The van der Waals surface area contributed by atoms with Gasteiger partial charge in [0.25, 0.3) is 0 Å². The molecule has 1 heterocycles. The van der Waals surface area contributed by atoms with E-state index in [2.05, 4.69) is 0 Å². The van der Waals surface area contributed by atoms with Crippen LogP contribution in [0.2, 0.25) is 0 Å². The zero-order valence-electron chi connectivity index (χ0n) is 10.5. The van der Waals surface area contributed by atoms with Crippen molar-refractivity contribution < 1.29 is 19.4 Å². The quantitative estimate of drug-likeness (QED) is 0.872. The van der Waals surface area contributed by atoms with Crippen molar-refractivity contribution in [1.29, 1.82) is 0 Å². The van der Waals surface area contributed by atoms with Crippen LogP contribution in [-0.2, 0) is 20.1 Å². The van der Waals surface area contributed by atoms with Crippen molar-refractivity contribution in [2.45, 2.75) is 32.0 Å². The van der Waals surface area contributed by atoms with Gasteiger partial charge in [-0.25, -0.2) is 0 Å². The van der Waals surface area contributed by atoms with Crippen LogP contribution in [0.1, 0.15) is 30.4 Å². The lowest BCUT2D eigenvalue weighted by Gasteiger charge is -2.27. The summed E-state index contributed by atoms with van der Waals surface area (Å²) >= 11 is 0. The molecule has 0 atom stereocenters. The number of aliphatic carboxylic acids is 1. The molecule has 0 aliphatic carbocycles. The van der Waals surface area contributed by atoms with E-state index >= 15 is 0 Å². The second-order valence-electron chi connectivity index (χ2n) is 4.56. The molecule has 0 saturated carbocycles. The highest BCUT2D eigenvalue weighted by atomic mass is 16.7. The van der Waals surface area contributed by atoms with Crippen LogP contribution in [0.25, 0.3) is 0 Å². The number of carboxylic acid groups (broad SMARTS) is 1. The van der Waals surface area contributed by atoms with Gasteiger partial charge in [-0.2, -0.15) is 0 Å². The van der Waals surface area contributed by atoms with Crippen molar-refractivity contribution in [1.82, 2.24) is 0 Å². The van der Waals surface area contributed by atoms with Gasteiger partial charge in [0.15, 0.2) is 5.79 Å². The second-order valence-corrected chi connectivity index (χ2v) is 4.56. The van der Waals surface area contributed by atoms with Crippen LogP contribution < -0.4 is 0 Å². The van der Waals surface area contributed by atoms with Gasteiger partial charge in [-0.05, 0) is 13.3 Å². The summed E-state index contributed by atoms with van der Waals surface area (Å²) < 4.78 is 11.5. The van der Waals surface area contributed by atoms with Crippen molar-refractivity contribution in [3.63, 3.8) is 0 Å². The Morgan fingerprint density at radius 2 is 1.89 bits per heavy atom. The summed E-state index contributed by atoms with van der Waals surface area (Å²) in [5.41, 5.74) is 2.15. The number of rotatable bonds is 5. The van der Waals surface area contributed by atoms with E-state index in [-0.39, 0.29) is 6.42 Å². The van der Waals surface area contributed by atoms with E-state index < -0.39 is 11.8 Å². The fraction of sp³-hybridized carbons (Fsp3) is 0.500. The molecule has 0 bridgehead atoms. The maximum atomic E-state index is 10.6. The van der Waals surface area contributed by atoms with Crippen molar-refractivity contribution in [3.8, 4) is 0 Å². The van der Waals surface area contributed by atoms with Crippen molar-refractivity contribution in [2.24, 2.45) is 0 Å². The minimum Gasteiger partial charge on any atom is -0.481 e. The van der Waals surface area contributed by atoms with E-state index in [0.717, 1.165) is 5.56 Å². The van der Waals surface area contributed by atoms with Crippen LogP contribution in [0.5, 0.6) is 0 Å². The average Bonchev–Trinajstić information content (AvgIpc) is 2.79. The van der Waals surface area contributed by atoms with Crippen LogP contribution in [0.4, 0.5) is 0 Å². The van der Waals surface area contributed by atoms with E-state index in [9.17, 15) is 4.79 Å². The molecule has 2 rings (SSSR count). The van der Waals surface area contributed by atoms with Gasteiger partial charge in [-0.1, -0.05) is 29.8 Å². The number of hydrogen-bond acceptors (Lipinski definition) is 3. The largest absolute Gasteiger partial charge is 0.481 e. The molecule has 1 saturated heterocycles. The second kappa shape index (κ2) is 5.50. The van der Waals surface area contributed by atoms with E-state index in [0.29, 0.717) is 26.1 Å². The first-order valence-electron chi connectivity index (χ1n) is 6.19. The Hall–Kier alpha value is -1.39. The summed E-state index contributed by atoms with van der Waals surface area (Å²) in [5.74, 6) is -1.53. The fourth-order valence-corrected chi connectivity index (χ4v) is 2.19. The lowest BCUT2D eigenvalue weighted by Crippen LogP contribution is -2.27. The zero-order chi connectivity index (χ0) is 13.0. The highest BCUT2D eigenvalue weighted by Gasteiger charge is 2.37. The molecule has 98 valence electrons. The van der Waals surface area contributed by atoms with Gasteiger partial charge in [0.2, 0.25) is 0 Å². The minimum atomic E-state index is -0.785. The molecule has 18 heavy (non-hydrogen) atoms. The predicted molar refractivity (Wildman–Crippen MR) is 66.2 cm³/mol. The first kappa shape index (κ1) is 13.1. The Bertz CT molecular complexity index is 404. The first-order valence-corrected chi connectivity index (χ1v) is 6.19. The molecule has 1 aliphatic heterocycles. The Morgan fingerprint density at radius 3 is 2.44 bits per heavy atom. The molecule has 1 aliphatic rings. The number of hydrogen-bond donors (Lipinski definition) is 1. The number of aryl methyl sites for hydroxylation is 1. The normalized spacial score (nSPS) is 17.8. The molecule has 1 N–H and O–H groups in total. The third kappa shape index (κ3) is 2.89. The summed E-state index contributed by atoms with van der Waals surface area (Å²) in [6.07, 6.45) is 1.26. The smallest absolute Gasteiger partial charge is 0.303 e. The van der Waals surface area contributed by atoms with Crippen molar-refractivity contribution in [2.75, 3.05) is 13.2 Å². The standard InChI is InChI=1S/C14H18O4/c1-11-4-6-12(7-5-11)14(17-9-10-18-14)8-2-3-13(15)16/h4-7H,2-3,8-10H2,1H3,(H,15,16). The number of ether oxygens (including phenoxy) is 2. The van der Waals surface area contributed by atoms with Gasteiger partial charge in [0, 0.05) is 18.4 Å². The third-order valence-electron chi connectivity index (χ3n) is 3.14. The number of benzene rings is 1. The summed E-state index contributed by atoms with van der Waals surface area (Å²) in [6, 6.07) is 8.00. The molecule has 1 aromatic carbocycles. The molecule has 1 aromatic rings. The predicted octanol–water partition coefficient (Wildman–Crippen LogP) is 2.45. The molecular formula is C14H18O4. The first-order chi connectivity index (χ1) is 8.62. The summed E-state index contributed by atoms with van der Waals surface area (Å²) in [6.45, 7) is 3.14. The number of carbonyl (C=O) groups is 1. The summed E-state index contributed by atoms with van der Waals surface area (Å²) in [5, 5.41) is 8.70. The van der Waals surface area contributed by atoms with Gasteiger partial charge in [0.05, 0.1) is 13.2 Å². The summed E-state index contributed by atoms with van der Waals surface area (Å²) in [7, 11) is 0. The van der Waals surface area contributed by atoms with Gasteiger partial charge in [-0.15, -0.1) is 0 Å². The molecule has 0 spiro atoms. The Labute approximate surface area is 107 Å². The van der Waals surface area contributed by atoms with E-state index in [1.807, 2.05) is 31.2 Å². The van der Waals surface area contributed by atoms with Gasteiger partial charge in [-0.3, -0.25) is 4.79 Å². The lowest BCUT2D eigenvalue weighted by atomic mass is 9.98. The molecule has 0 aromatic heterocycles. The van der Waals surface area contributed by atoms with Crippen LogP contribution in [-0.4, -0.2) is 24.3 Å². The van der Waals surface area contributed by atoms with Crippen molar-refractivity contribution in [3.05, 3.63) is 35.4 Å². The van der Waals surface area contributed by atoms with E-state index in [1.54, 1.807) is 0 Å². The fourth-order valence-electron chi connectivity index (χ4n) is 2.19.